The van der Waals surface area contributed by atoms with Crippen molar-refractivity contribution in [2.45, 2.75) is 12.1 Å². The number of amides is 1. The Balaban J connectivity index is 1.46. The smallest absolute Gasteiger partial charge is 0.236 e. The van der Waals surface area contributed by atoms with E-state index in [9.17, 15) is 4.79 Å². The summed E-state index contributed by atoms with van der Waals surface area (Å²) in [6, 6.07) is 19.2. The SMILES string of the molecule is COc1ccccc1-c1nnc(SCC(=O)Nc2cc(C)nn2-c2ccccc2)n1C. The maximum absolute atomic E-state index is 12.6. The lowest BCUT2D eigenvalue weighted by Crippen LogP contribution is -2.17. The topological polar surface area (TPSA) is 86.9 Å². The van der Waals surface area contributed by atoms with E-state index in [1.807, 2.05) is 79.2 Å². The van der Waals surface area contributed by atoms with Gasteiger partial charge in [-0.05, 0) is 31.2 Å². The first-order valence-electron chi connectivity index (χ1n) is 9.64. The molecule has 1 N–H and O–H groups in total. The molecule has 8 nitrogen and oxygen atoms in total. The van der Waals surface area contributed by atoms with E-state index in [1.165, 1.54) is 11.8 Å². The molecule has 4 aromatic rings. The van der Waals surface area contributed by atoms with Gasteiger partial charge in [0.25, 0.3) is 0 Å². The van der Waals surface area contributed by atoms with E-state index in [-0.39, 0.29) is 11.7 Å². The monoisotopic (exact) mass is 434 g/mol. The average Bonchev–Trinajstić information content (AvgIpc) is 3.34. The number of aromatic nitrogens is 5. The van der Waals surface area contributed by atoms with Crippen LogP contribution in [0.5, 0.6) is 5.75 Å². The van der Waals surface area contributed by atoms with Gasteiger partial charge in [0.15, 0.2) is 11.0 Å². The largest absolute Gasteiger partial charge is 0.496 e. The third-order valence-electron chi connectivity index (χ3n) is 4.61. The fourth-order valence-electron chi connectivity index (χ4n) is 3.17. The Hall–Kier alpha value is -3.59. The summed E-state index contributed by atoms with van der Waals surface area (Å²) >= 11 is 1.32. The van der Waals surface area contributed by atoms with E-state index in [1.54, 1.807) is 11.8 Å². The molecular formula is C22H22N6O2S. The Morgan fingerprint density at radius 2 is 1.84 bits per heavy atom. The van der Waals surface area contributed by atoms with E-state index in [0.29, 0.717) is 16.8 Å². The van der Waals surface area contributed by atoms with Crippen LogP contribution in [0.3, 0.4) is 0 Å². The normalized spacial score (nSPS) is 10.8. The lowest BCUT2D eigenvalue weighted by molar-refractivity contribution is -0.113. The third-order valence-corrected chi connectivity index (χ3v) is 5.64. The summed E-state index contributed by atoms with van der Waals surface area (Å²) in [6.45, 7) is 1.89. The van der Waals surface area contributed by atoms with E-state index in [0.717, 1.165) is 22.7 Å². The Bertz CT molecular complexity index is 1200. The van der Waals surface area contributed by atoms with Gasteiger partial charge in [0, 0.05) is 13.1 Å². The zero-order chi connectivity index (χ0) is 21.8. The number of aryl methyl sites for hydroxylation is 1. The van der Waals surface area contributed by atoms with Gasteiger partial charge in [-0.15, -0.1) is 10.2 Å². The summed E-state index contributed by atoms with van der Waals surface area (Å²) in [5.41, 5.74) is 2.55. The van der Waals surface area contributed by atoms with Crippen LogP contribution in [0.15, 0.2) is 65.8 Å². The highest BCUT2D eigenvalue weighted by Crippen LogP contribution is 2.30. The summed E-state index contributed by atoms with van der Waals surface area (Å²) in [7, 11) is 3.49. The first-order valence-corrected chi connectivity index (χ1v) is 10.6. The van der Waals surface area contributed by atoms with Crippen LogP contribution < -0.4 is 10.1 Å². The molecule has 0 bridgehead atoms. The molecule has 0 atom stereocenters. The van der Waals surface area contributed by atoms with Gasteiger partial charge in [-0.3, -0.25) is 4.79 Å². The van der Waals surface area contributed by atoms with Gasteiger partial charge < -0.3 is 14.6 Å². The van der Waals surface area contributed by atoms with Crippen molar-refractivity contribution < 1.29 is 9.53 Å². The van der Waals surface area contributed by atoms with Crippen molar-refractivity contribution >= 4 is 23.5 Å². The van der Waals surface area contributed by atoms with Gasteiger partial charge in [0.1, 0.15) is 11.6 Å². The molecule has 0 aliphatic heterocycles. The Morgan fingerprint density at radius 3 is 2.61 bits per heavy atom. The molecule has 2 aromatic carbocycles. The van der Waals surface area contributed by atoms with Crippen molar-refractivity contribution in [1.29, 1.82) is 0 Å². The number of nitrogens with zero attached hydrogens (tertiary/aromatic N) is 5. The second kappa shape index (κ2) is 9.05. The number of ether oxygens (including phenoxy) is 1. The maximum atomic E-state index is 12.6. The van der Waals surface area contributed by atoms with Crippen LogP contribution in [0.25, 0.3) is 17.1 Å². The number of rotatable bonds is 7. The molecule has 0 spiro atoms. The Kier molecular flexibility index (Phi) is 6.03. The molecule has 0 aliphatic rings. The van der Waals surface area contributed by atoms with Crippen molar-refractivity contribution in [3.05, 3.63) is 66.4 Å². The number of carbonyl (C=O) groups is 1. The number of nitrogens with one attached hydrogen (secondary N) is 1. The van der Waals surface area contributed by atoms with Gasteiger partial charge in [-0.1, -0.05) is 42.1 Å². The summed E-state index contributed by atoms with van der Waals surface area (Å²) in [5.74, 6) is 2.07. The lowest BCUT2D eigenvalue weighted by Gasteiger charge is -2.09. The summed E-state index contributed by atoms with van der Waals surface area (Å²) in [6.07, 6.45) is 0. The molecule has 9 heteroatoms. The van der Waals surface area contributed by atoms with Crippen LogP contribution in [-0.2, 0) is 11.8 Å². The van der Waals surface area contributed by atoms with Crippen LogP contribution in [0.2, 0.25) is 0 Å². The van der Waals surface area contributed by atoms with Crippen molar-refractivity contribution in [2.75, 3.05) is 18.2 Å². The predicted molar refractivity (Wildman–Crippen MR) is 121 cm³/mol. The minimum Gasteiger partial charge on any atom is -0.496 e. The number of thioether (sulfide) groups is 1. The van der Waals surface area contributed by atoms with Gasteiger partial charge in [-0.25, -0.2) is 4.68 Å². The fraction of sp³-hybridized carbons (Fsp3) is 0.182. The first kappa shape index (κ1) is 20.7. The molecule has 0 saturated carbocycles. The van der Waals surface area contributed by atoms with Gasteiger partial charge in [-0.2, -0.15) is 5.10 Å². The highest BCUT2D eigenvalue weighted by molar-refractivity contribution is 7.99. The highest BCUT2D eigenvalue weighted by Gasteiger charge is 2.17. The second-order valence-electron chi connectivity index (χ2n) is 6.82. The number of hydrogen-bond acceptors (Lipinski definition) is 6. The predicted octanol–water partition coefficient (Wildman–Crippen LogP) is 3.72. The number of carbonyl (C=O) groups excluding carboxylic acids is 1. The third kappa shape index (κ3) is 4.46. The molecule has 0 aliphatic carbocycles. The van der Waals surface area contributed by atoms with Crippen molar-refractivity contribution in [3.63, 3.8) is 0 Å². The van der Waals surface area contributed by atoms with Crippen LogP contribution in [0, 0.1) is 6.92 Å². The number of benzene rings is 2. The molecule has 158 valence electrons. The lowest BCUT2D eigenvalue weighted by atomic mass is 10.2. The summed E-state index contributed by atoms with van der Waals surface area (Å²) in [4.78, 5) is 12.6. The van der Waals surface area contributed by atoms with E-state index < -0.39 is 0 Å². The first-order chi connectivity index (χ1) is 15.1. The van der Waals surface area contributed by atoms with Crippen LogP contribution in [0.4, 0.5) is 5.82 Å². The van der Waals surface area contributed by atoms with Gasteiger partial charge in [0.2, 0.25) is 5.91 Å². The van der Waals surface area contributed by atoms with E-state index >= 15 is 0 Å². The Labute approximate surface area is 184 Å². The molecule has 1 amide bonds. The molecule has 0 fully saturated rings. The molecule has 4 rings (SSSR count). The molecule has 2 aromatic heterocycles. The molecule has 31 heavy (non-hydrogen) atoms. The summed E-state index contributed by atoms with van der Waals surface area (Å²) in [5, 5.41) is 16.6. The Morgan fingerprint density at radius 1 is 1.10 bits per heavy atom. The minimum absolute atomic E-state index is 0.149. The average molecular weight is 435 g/mol. The van der Waals surface area contributed by atoms with Crippen LogP contribution in [-0.4, -0.2) is 43.3 Å². The minimum atomic E-state index is -0.149. The van der Waals surface area contributed by atoms with Crippen molar-refractivity contribution in [2.24, 2.45) is 7.05 Å². The number of methoxy groups -OCH3 is 1. The van der Waals surface area contributed by atoms with E-state index in [4.69, 9.17) is 4.74 Å². The zero-order valence-corrected chi connectivity index (χ0v) is 18.3. The molecule has 0 radical (unpaired) electrons. The molecule has 0 unspecified atom stereocenters. The molecular weight excluding hydrogens is 412 g/mol. The highest BCUT2D eigenvalue weighted by atomic mass is 32.2. The number of para-hydroxylation sites is 2. The number of hydrogen-bond donors (Lipinski definition) is 1. The maximum Gasteiger partial charge on any atom is 0.236 e. The standard InChI is InChI=1S/C22H22N6O2S/c1-15-13-19(28(26-15)16-9-5-4-6-10-16)23-20(29)14-31-22-25-24-21(27(22)2)17-11-7-8-12-18(17)30-3/h4-13H,14H2,1-3H3,(H,23,29). The summed E-state index contributed by atoms with van der Waals surface area (Å²) < 4.78 is 9.00. The fourth-order valence-corrected chi connectivity index (χ4v) is 3.88. The van der Waals surface area contributed by atoms with Gasteiger partial charge >= 0.3 is 0 Å². The second-order valence-corrected chi connectivity index (χ2v) is 7.76. The number of anilines is 1. The quantitative estimate of drug-likeness (QED) is 0.446. The van der Waals surface area contributed by atoms with Crippen LogP contribution in [0.1, 0.15) is 5.69 Å². The molecule has 0 saturated heterocycles. The van der Waals surface area contributed by atoms with Crippen molar-refractivity contribution in [1.82, 2.24) is 24.5 Å². The van der Waals surface area contributed by atoms with Crippen LogP contribution >= 0.6 is 11.8 Å². The van der Waals surface area contributed by atoms with E-state index in [2.05, 4.69) is 20.6 Å². The zero-order valence-electron chi connectivity index (χ0n) is 17.4. The molecule has 2 heterocycles. The van der Waals surface area contributed by atoms with Crippen molar-refractivity contribution in [3.8, 4) is 22.8 Å². The van der Waals surface area contributed by atoms with Gasteiger partial charge in [0.05, 0.1) is 29.8 Å².